The Morgan fingerprint density at radius 2 is 2.00 bits per heavy atom. The van der Waals surface area contributed by atoms with E-state index in [9.17, 15) is 4.79 Å². The minimum Gasteiger partial charge on any atom is -0.493 e. The summed E-state index contributed by atoms with van der Waals surface area (Å²) in [5.41, 5.74) is 0.729. The zero-order valence-corrected chi connectivity index (χ0v) is 14.2. The number of amides is 2. The molecule has 0 aliphatic carbocycles. The van der Waals surface area contributed by atoms with Crippen molar-refractivity contribution in [3.63, 3.8) is 0 Å². The largest absolute Gasteiger partial charge is 0.493 e. The van der Waals surface area contributed by atoms with E-state index in [1.165, 1.54) is 0 Å². The van der Waals surface area contributed by atoms with Crippen LogP contribution in [0.15, 0.2) is 22.7 Å². The van der Waals surface area contributed by atoms with Crippen LogP contribution in [0.3, 0.4) is 0 Å². The first-order valence-corrected chi connectivity index (χ1v) is 7.86. The van der Waals surface area contributed by atoms with Crippen LogP contribution in [0.1, 0.15) is 5.89 Å². The topological polar surface area (TPSA) is 99.0 Å². The predicted octanol–water partition coefficient (Wildman–Crippen LogP) is 1.30. The summed E-state index contributed by atoms with van der Waals surface area (Å²) in [7, 11) is 3.13. The maximum Gasteiger partial charge on any atom is 0.317 e. The average Bonchev–Trinajstić information content (AvgIpc) is 3.15. The molecular weight excluding hydrogens is 328 g/mol. The van der Waals surface area contributed by atoms with Crippen LogP contribution < -0.4 is 14.8 Å². The van der Waals surface area contributed by atoms with Gasteiger partial charge in [0.1, 0.15) is 0 Å². The summed E-state index contributed by atoms with van der Waals surface area (Å²) in [6, 6.07) is 5.17. The number of ether oxygens (including phenoxy) is 3. The molecule has 25 heavy (non-hydrogen) atoms. The summed E-state index contributed by atoms with van der Waals surface area (Å²) < 4.78 is 20.9. The molecule has 0 unspecified atom stereocenters. The van der Waals surface area contributed by atoms with Crippen molar-refractivity contribution in [1.29, 1.82) is 0 Å². The number of methoxy groups -OCH3 is 2. The fourth-order valence-corrected chi connectivity index (χ4v) is 2.45. The van der Waals surface area contributed by atoms with E-state index < -0.39 is 0 Å². The molecule has 2 amide bonds. The summed E-state index contributed by atoms with van der Waals surface area (Å²) >= 11 is 0. The molecule has 2 aromatic rings. The molecule has 1 fully saturated rings. The molecule has 2 heterocycles. The quantitative estimate of drug-likeness (QED) is 0.869. The van der Waals surface area contributed by atoms with Crippen LogP contribution in [-0.2, 0) is 11.3 Å². The third kappa shape index (κ3) is 4.00. The standard InChI is InChI=1S/C16H20N4O5/c1-22-12-4-3-11(9-13(12)23-2)15-18-14(25-19-15)10-17-16(21)20-5-7-24-8-6-20/h3-4,9H,5-8,10H2,1-2H3,(H,17,21). The van der Waals surface area contributed by atoms with E-state index in [0.717, 1.165) is 5.56 Å². The van der Waals surface area contributed by atoms with Crippen molar-refractivity contribution < 1.29 is 23.5 Å². The highest BCUT2D eigenvalue weighted by Gasteiger charge is 2.18. The zero-order valence-electron chi connectivity index (χ0n) is 14.2. The maximum absolute atomic E-state index is 12.0. The number of hydrogen-bond donors (Lipinski definition) is 1. The molecule has 0 bridgehead atoms. The van der Waals surface area contributed by atoms with Gasteiger partial charge in [0.05, 0.1) is 34.0 Å². The number of aromatic nitrogens is 2. The molecule has 1 N–H and O–H groups in total. The first kappa shape index (κ1) is 17.0. The smallest absolute Gasteiger partial charge is 0.317 e. The van der Waals surface area contributed by atoms with Gasteiger partial charge in [-0.15, -0.1) is 0 Å². The van der Waals surface area contributed by atoms with Crippen LogP contribution in [0.5, 0.6) is 11.5 Å². The maximum atomic E-state index is 12.0. The van der Waals surface area contributed by atoms with Crippen LogP contribution in [0, 0.1) is 0 Å². The molecule has 1 aromatic heterocycles. The zero-order chi connectivity index (χ0) is 17.6. The molecule has 1 saturated heterocycles. The number of hydrogen-bond acceptors (Lipinski definition) is 7. The summed E-state index contributed by atoms with van der Waals surface area (Å²) in [5, 5.41) is 6.71. The summed E-state index contributed by atoms with van der Waals surface area (Å²) in [4.78, 5) is 18.0. The van der Waals surface area contributed by atoms with E-state index in [0.29, 0.717) is 49.5 Å². The lowest BCUT2D eigenvalue weighted by Gasteiger charge is -2.26. The number of morpholine rings is 1. The SMILES string of the molecule is COc1ccc(-c2noc(CNC(=O)N3CCOCC3)n2)cc1OC. The Morgan fingerprint density at radius 1 is 1.24 bits per heavy atom. The van der Waals surface area contributed by atoms with Crippen molar-refractivity contribution >= 4 is 6.03 Å². The third-order valence-electron chi connectivity index (χ3n) is 3.80. The van der Waals surface area contributed by atoms with Gasteiger partial charge in [-0.1, -0.05) is 5.16 Å². The van der Waals surface area contributed by atoms with Gasteiger partial charge in [0.25, 0.3) is 0 Å². The van der Waals surface area contributed by atoms with Crippen LogP contribution in [-0.4, -0.2) is 61.6 Å². The molecule has 1 aromatic carbocycles. The number of urea groups is 1. The Hall–Kier alpha value is -2.81. The van der Waals surface area contributed by atoms with Gasteiger partial charge in [0, 0.05) is 18.7 Å². The molecule has 0 spiro atoms. The molecule has 1 aliphatic heterocycles. The minimum absolute atomic E-state index is 0.163. The second-order valence-corrected chi connectivity index (χ2v) is 5.34. The molecule has 134 valence electrons. The van der Waals surface area contributed by atoms with Crippen LogP contribution >= 0.6 is 0 Å². The lowest BCUT2D eigenvalue weighted by Crippen LogP contribution is -2.45. The summed E-state index contributed by atoms with van der Waals surface area (Å²) in [6.07, 6.45) is 0. The van der Waals surface area contributed by atoms with E-state index in [1.54, 1.807) is 31.3 Å². The summed E-state index contributed by atoms with van der Waals surface area (Å²) in [5.74, 6) is 1.93. The second kappa shape index (κ2) is 7.84. The van der Waals surface area contributed by atoms with Crippen molar-refractivity contribution in [2.24, 2.45) is 0 Å². The van der Waals surface area contributed by atoms with Crippen molar-refractivity contribution in [3.8, 4) is 22.9 Å². The Labute approximate surface area is 144 Å². The van der Waals surface area contributed by atoms with Gasteiger partial charge in [-0.25, -0.2) is 4.79 Å². The summed E-state index contributed by atoms with van der Waals surface area (Å²) in [6.45, 7) is 2.42. The van der Waals surface area contributed by atoms with E-state index >= 15 is 0 Å². The van der Waals surface area contributed by atoms with Crippen LogP contribution in [0.2, 0.25) is 0 Å². The first-order valence-electron chi connectivity index (χ1n) is 7.86. The Kier molecular flexibility index (Phi) is 5.34. The number of carbonyl (C=O) groups excluding carboxylic acids is 1. The predicted molar refractivity (Wildman–Crippen MR) is 87.5 cm³/mol. The molecule has 0 atom stereocenters. The monoisotopic (exact) mass is 348 g/mol. The molecule has 3 rings (SSSR count). The van der Waals surface area contributed by atoms with E-state index in [1.807, 2.05) is 6.07 Å². The van der Waals surface area contributed by atoms with Crippen molar-refractivity contribution in [1.82, 2.24) is 20.4 Å². The highest BCUT2D eigenvalue weighted by molar-refractivity contribution is 5.74. The lowest BCUT2D eigenvalue weighted by molar-refractivity contribution is 0.0529. The molecule has 0 radical (unpaired) electrons. The second-order valence-electron chi connectivity index (χ2n) is 5.34. The van der Waals surface area contributed by atoms with Gasteiger partial charge in [-0.3, -0.25) is 0 Å². The van der Waals surface area contributed by atoms with Gasteiger partial charge in [0.2, 0.25) is 11.7 Å². The molecule has 0 saturated carbocycles. The lowest BCUT2D eigenvalue weighted by atomic mass is 10.2. The average molecular weight is 348 g/mol. The van der Waals surface area contributed by atoms with Crippen molar-refractivity contribution in [2.75, 3.05) is 40.5 Å². The Bertz CT molecular complexity index is 727. The van der Waals surface area contributed by atoms with Crippen molar-refractivity contribution in [3.05, 3.63) is 24.1 Å². The van der Waals surface area contributed by atoms with E-state index in [4.69, 9.17) is 18.7 Å². The van der Waals surface area contributed by atoms with E-state index in [-0.39, 0.29) is 12.6 Å². The Morgan fingerprint density at radius 3 is 2.72 bits per heavy atom. The number of nitrogens with one attached hydrogen (secondary N) is 1. The minimum atomic E-state index is -0.172. The van der Waals surface area contributed by atoms with Gasteiger partial charge in [-0.05, 0) is 18.2 Å². The van der Waals surface area contributed by atoms with Gasteiger partial charge in [0.15, 0.2) is 11.5 Å². The molecular formula is C16H20N4O5. The number of rotatable bonds is 5. The molecule has 9 heteroatoms. The fraction of sp³-hybridized carbons (Fsp3) is 0.438. The molecule has 9 nitrogen and oxygen atoms in total. The van der Waals surface area contributed by atoms with Gasteiger partial charge >= 0.3 is 6.03 Å². The normalized spacial score (nSPS) is 14.2. The van der Waals surface area contributed by atoms with Crippen molar-refractivity contribution in [2.45, 2.75) is 6.54 Å². The molecule has 1 aliphatic rings. The third-order valence-corrected chi connectivity index (χ3v) is 3.80. The van der Waals surface area contributed by atoms with Gasteiger partial charge in [-0.2, -0.15) is 4.98 Å². The first-order chi connectivity index (χ1) is 12.2. The fourth-order valence-electron chi connectivity index (χ4n) is 2.45. The number of benzene rings is 1. The number of nitrogens with zero attached hydrogens (tertiary/aromatic N) is 3. The van der Waals surface area contributed by atoms with Crippen LogP contribution in [0.4, 0.5) is 4.79 Å². The van der Waals surface area contributed by atoms with Gasteiger partial charge < -0.3 is 29.0 Å². The highest BCUT2D eigenvalue weighted by atomic mass is 16.5. The van der Waals surface area contributed by atoms with Crippen LogP contribution in [0.25, 0.3) is 11.4 Å². The highest BCUT2D eigenvalue weighted by Crippen LogP contribution is 2.31. The Balaban J connectivity index is 1.63. The van der Waals surface area contributed by atoms with E-state index in [2.05, 4.69) is 15.5 Å². The number of carbonyl (C=O) groups is 1.